The Morgan fingerprint density at radius 2 is 1.87 bits per heavy atom. The van der Waals surface area contributed by atoms with E-state index in [1.54, 1.807) is 0 Å². The molecule has 1 aliphatic carbocycles. The average molecular weight is 213 g/mol. The Bertz CT molecular complexity index is 215. The van der Waals surface area contributed by atoms with Crippen LogP contribution in [0.3, 0.4) is 0 Å². The second-order valence-electron chi connectivity index (χ2n) is 4.47. The van der Waals surface area contributed by atoms with E-state index >= 15 is 0 Å². The van der Waals surface area contributed by atoms with Gasteiger partial charge in [0.15, 0.2) is 5.78 Å². The van der Waals surface area contributed by atoms with Crippen LogP contribution in [0.15, 0.2) is 0 Å². The molecule has 0 aromatic carbocycles. The Morgan fingerprint density at radius 1 is 1.20 bits per heavy atom. The maximum atomic E-state index is 11.3. The average Bonchev–Trinajstić information content (AvgIpc) is 2.41. The van der Waals surface area contributed by atoms with Crippen molar-refractivity contribution in [3.63, 3.8) is 0 Å². The monoisotopic (exact) mass is 213 g/mol. The summed E-state index contributed by atoms with van der Waals surface area (Å²) in [5.41, 5.74) is 0. The van der Waals surface area contributed by atoms with Gasteiger partial charge in [0.05, 0.1) is 0 Å². The number of carbonyl (C=O) groups is 1. The Kier molecular flexibility index (Phi) is 4.74. The van der Waals surface area contributed by atoms with Gasteiger partial charge in [0, 0.05) is 0 Å². The number of Topliss-reactive ketones (excluding diaryl/α,β-unsaturated/α-hetero) is 1. The van der Waals surface area contributed by atoms with E-state index in [1.165, 1.54) is 12.8 Å². The second kappa shape index (κ2) is 5.61. The molecule has 3 nitrogen and oxygen atoms in total. The molecule has 0 spiro atoms. The Hall–Kier alpha value is -0.410. The van der Waals surface area contributed by atoms with Gasteiger partial charge in [-0.15, -0.1) is 0 Å². The molecule has 1 radical (unpaired) electrons. The van der Waals surface area contributed by atoms with E-state index in [0.29, 0.717) is 0 Å². The van der Waals surface area contributed by atoms with Crippen LogP contribution in [0.5, 0.6) is 0 Å². The number of hydrogen-bond donors (Lipinski definition) is 2. The molecule has 1 fully saturated rings. The van der Waals surface area contributed by atoms with Gasteiger partial charge in [0.2, 0.25) is 0 Å². The van der Waals surface area contributed by atoms with Crippen LogP contribution in [0.1, 0.15) is 39.0 Å². The van der Waals surface area contributed by atoms with Gasteiger partial charge in [0.25, 0.3) is 0 Å². The Balaban J connectivity index is 2.38. The molecule has 0 saturated heterocycles. The van der Waals surface area contributed by atoms with Crippen molar-refractivity contribution in [2.75, 3.05) is 0 Å². The van der Waals surface area contributed by atoms with E-state index < -0.39 is 18.0 Å². The van der Waals surface area contributed by atoms with Crippen molar-refractivity contribution in [3.8, 4) is 0 Å². The summed E-state index contributed by atoms with van der Waals surface area (Å²) in [6.07, 6.45) is 3.21. The summed E-state index contributed by atoms with van der Waals surface area (Å²) in [5, 5.41) is 19.0. The van der Waals surface area contributed by atoms with Crippen LogP contribution in [0.25, 0.3) is 0 Å². The van der Waals surface area contributed by atoms with E-state index in [4.69, 9.17) is 0 Å². The van der Waals surface area contributed by atoms with Gasteiger partial charge >= 0.3 is 0 Å². The predicted molar refractivity (Wildman–Crippen MR) is 58.1 cm³/mol. The standard InChI is InChI=1S/C12H21O3/c1-3-4-5-6-7-9-8(2)10(13)12(15)11(9)14/h8-11,13-14H,2-7H2,1H3. The first-order valence-corrected chi connectivity index (χ1v) is 5.82. The third kappa shape index (κ3) is 2.79. The van der Waals surface area contributed by atoms with Crippen LogP contribution in [0, 0.1) is 18.8 Å². The lowest BCUT2D eigenvalue weighted by atomic mass is 9.90. The first kappa shape index (κ1) is 12.7. The molecule has 0 aromatic rings. The number of rotatable bonds is 5. The van der Waals surface area contributed by atoms with Crippen molar-refractivity contribution < 1.29 is 15.0 Å². The first-order chi connectivity index (χ1) is 7.09. The highest BCUT2D eigenvalue weighted by Crippen LogP contribution is 2.33. The summed E-state index contributed by atoms with van der Waals surface area (Å²) < 4.78 is 0. The molecule has 0 aliphatic heterocycles. The first-order valence-electron chi connectivity index (χ1n) is 5.82. The van der Waals surface area contributed by atoms with Gasteiger partial charge in [-0.25, -0.2) is 0 Å². The lowest BCUT2D eigenvalue weighted by Crippen LogP contribution is -2.24. The second-order valence-corrected chi connectivity index (χ2v) is 4.47. The zero-order chi connectivity index (χ0) is 11.4. The van der Waals surface area contributed by atoms with Gasteiger partial charge < -0.3 is 10.2 Å². The number of aliphatic hydroxyl groups is 2. The van der Waals surface area contributed by atoms with Crippen LogP contribution < -0.4 is 0 Å². The van der Waals surface area contributed by atoms with E-state index in [9.17, 15) is 15.0 Å². The fourth-order valence-electron chi connectivity index (χ4n) is 2.24. The summed E-state index contributed by atoms with van der Waals surface area (Å²) >= 11 is 0. The molecule has 1 saturated carbocycles. The van der Waals surface area contributed by atoms with Gasteiger partial charge in [0.1, 0.15) is 12.2 Å². The lowest BCUT2D eigenvalue weighted by molar-refractivity contribution is -0.131. The van der Waals surface area contributed by atoms with Crippen molar-refractivity contribution in [1.82, 2.24) is 0 Å². The van der Waals surface area contributed by atoms with Crippen molar-refractivity contribution in [3.05, 3.63) is 6.92 Å². The van der Waals surface area contributed by atoms with Crippen molar-refractivity contribution >= 4 is 5.78 Å². The predicted octanol–water partition coefficient (Wildman–Crippen LogP) is 1.33. The van der Waals surface area contributed by atoms with Gasteiger partial charge in [-0.2, -0.15) is 0 Å². The molecule has 1 rings (SSSR count). The van der Waals surface area contributed by atoms with Crippen LogP contribution in [0.2, 0.25) is 0 Å². The Labute approximate surface area is 91.5 Å². The minimum absolute atomic E-state index is 0.149. The molecule has 1 aliphatic rings. The van der Waals surface area contributed by atoms with Gasteiger partial charge in [-0.1, -0.05) is 32.6 Å². The van der Waals surface area contributed by atoms with Crippen molar-refractivity contribution in [2.45, 2.75) is 51.2 Å². The largest absolute Gasteiger partial charge is 0.385 e. The zero-order valence-electron chi connectivity index (χ0n) is 9.35. The van der Waals surface area contributed by atoms with E-state index in [0.717, 1.165) is 19.3 Å². The van der Waals surface area contributed by atoms with Crippen LogP contribution in [-0.2, 0) is 4.79 Å². The normalized spacial score (nSPS) is 36.1. The topological polar surface area (TPSA) is 57.5 Å². The van der Waals surface area contributed by atoms with Crippen LogP contribution in [0.4, 0.5) is 0 Å². The molecule has 0 aromatic heterocycles. The highest BCUT2D eigenvalue weighted by molar-refractivity contribution is 5.90. The number of carbonyl (C=O) groups excluding carboxylic acids is 1. The SMILES string of the molecule is [CH2]C1C(O)C(=O)C(O)C1CCCCCC. The highest BCUT2D eigenvalue weighted by atomic mass is 16.3. The third-order valence-electron chi connectivity index (χ3n) is 3.34. The molecule has 3 heteroatoms. The Morgan fingerprint density at radius 3 is 2.33 bits per heavy atom. The van der Waals surface area contributed by atoms with Crippen LogP contribution >= 0.6 is 0 Å². The molecule has 2 N–H and O–H groups in total. The third-order valence-corrected chi connectivity index (χ3v) is 3.34. The van der Waals surface area contributed by atoms with Crippen LogP contribution in [-0.4, -0.2) is 28.2 Å². The molecular weight excluding hydrogens is 192 g/mol. The summed E-state index contributed by atoms with van der Waals surface area (Å²) in [6.45, 7) is 5.91. The van der Waals surface area contributed by atoms with Crippen molar-refractivity contribution in [1.29, 1.82) is 0 Å². The molecule has 87 valence electrons. The molecule has 15 heavy (non-hydrogen) atoms. The number of hydrogen-bond acceptors (Lipinski definition) is 3. The fourth-order valence-corrected chi connectivity index (χ4v) is 2.24. The summed E-state index contributed by atoms with van der Waals surface area (Å²) in [5.74, 6) is -0.936. The summed E-state index contributed by atoms with van der Waals surface area (Å²) in [4.78, 5) is 11.3. The van der Waals surface area contributed by atoms with E-state index in [2.05, 4.69) is 13.8 Å². The molecule has 0 bridgehead atoms. The molecule has 4 atom stereocenters. The molecular formula is C12H21O3. The quantitative estimate of drug-likeness (QED) is 0.677. The van der Waals surface area contributed by atoms with Gasteiger partial charge in [-0.05, 0) is 25.2 Å². The summed E-state index contributed by atoms with van der Waals surface area (Å²) in [7, 11) is 0. The van der Waals surface area contributed by atoms with E-state index in [1.807, 2.05) is 0 Å². The maximum absolute atomic E-state index is 11.3. The number of ketones is 1. The number of aliphatic hydroxyl groups excluding tert-OH is 2. The van der Waals surface area contributed by atoms with Gasteiger partial charge in [-0.3, -0.25) is 4.79 Å². The fraction of sp³-hybridized carbons (Fsp3) is 0.833. The molecule has 0 amide bonds. The zero-order valence-corrected chi connectivity index (χ0v) is 9.35. The maximum Gasteiger partial charge on any atom is 0.190 e. The van der Waals surface area contributed by atoms with E-state index in [-0.39, 0.29) is 11.8 Å². The minimum Gasteiger partial charge on any atom is -0.385 e. The smallest absolute Gasteiger partial charge is 0.190 e. The van der Waals surface area contributed by atoms with Crippen molar-refractivity contribution in [2.24, 2.45) is 11.8 Å². The summed E-state index contributed by atoms with van der Waals surface area (Å²) in [6, 6.07) is 0. The molecule has 4 unspecified atom stereocenters. The minimum atomic E-state index is -1.06. The lowest BCUT2D eigenvalue weighted by Gasteiger charge is -2.17. The number of unbranched alkanes of at least 4 members (excludes halogenated alkanes) is 3. The molecule has 0 heterocycles. The highest BCUT2D eigenvalue weighted by Gasteiger charge is 2.45.